The SMILES string of the molecule is Cc1cc(O)c(C(=O)/C=C/c2ccc(-c3ccc(Br)cc3)o2)c(=O)o1. The zero-order valence-electron chi connectivity index (χ0n) is 13.2. The van der Waals surface area contributed by atoms with Crippen molar-refractivity contribution in [2.75, 3.05) is 0 Å². The molecule has 2 aromatic heterocycles. The summed E-state index contributed by atoms with van der Waals surface area (Å²) >= 11 is 3.37. The Hall–Kier alpha value is -2.86. The normalized spacial score (nSPS) is 11.1. The van der Waals surface area contributed by atoms with Gasteiger partial charge in [0.1, 0.15) is 28.6 Å². The number of aromatic hydroxyl groups is 1. The first kappa shape index (κ1) is 17.0. The molecular formula is C19H13BrO5. The quantitative estimate of drug-likeness (QED) is 0.512. The standard InChI is InChI=1S/C19H13BrO5/c1-11-10-16(22)18(19(23)24-11)15(21)8-6-14-7-9-17(25-14)12-2-4-13(20)5-3-12/h2-10,22H,1H3/b8-6+. The zero-order valence-corrected chi connectivity index (χ0v) is 14.7. The highest BCUT2D eigenvalue weighted by atomic mass is 79.9. The molecule has 0 aliphatic heterocycles. The second kappa shape index (κ2) is 6.94. The minimum absolute atomic E-state index is 0.230. The fourth-order valence-corrected chi connectivity index (χ4v) is 2.54. The Bertz CT molecular complexity index is 1010. The number of furan rings is 1. The zero-order chi connectivity index (χ0) is 18.0. The first-order valence-electron chi connectivity index (χ1n) is 7.36. The Morgan fingerprint density at radius 3 is 2.52 bits per heavy atom. The fraction of sp³-hybridized carbons (Fsp3) is 0.0526. The van der Waals surface area contributed by atoms with Gasteiger partial charge >= 0.3 is 5.63 Å². The molecule has 0 unspecified atom stereocenters. The van der Waals surface area contributed by atoms with Crippen LogP contribution in [0.1, 0.15) is 21.9 Å². The second-order valence-corrected chi connectivity index (χ2v) is 6.23. The van der Waals surface area contributed by atoms with E-state index in [9.17, 15) is 14.7 Å². The van der Waals surface area contributed by atoms with Crippen LogP contribution < -0.4 is 5.63 Å². The minimum Gasteiger partial charge on any atom is -0.507 e. The van der Waals surface area contributed by atoms with Crippen LogP contribution in [0.15, 0.2) is 66.6 Å². The van der Waals surface area contributed by atoms with E-state index >= 15 is 0 Å². The van der Waals surface area contributed by atoms with Crippen molar-refractivity contribution in [3.8, 4) is 17.1 Å². The van der Waals surface area contributed by atoms with E-state index in [0.29, 0.717) is 11.5 Å². The van der Waals surface area contributed by atoms with Crippen LogP contribution in [0.5, 0.6) is 5.75 Å². The van der Waals surface area contributed by atoms with E-state index in [1.807, 2.05) is 24.3 Å². The van der Waals surface area contributed by atoms with Gasteiger partial charge in [-0.3, -0.25) is 4.79 Å². The average Bonchev–Trinajstić information content (AvgIpc) is 3.01. The van der Waals surface area contributed by atoms with E-state index in [0.717, 1.165) is 16.1 Å². The molecule has 0 spiro atoms. The molecule has 0 aliphatic carbocycles. The van der Waals surface area contributed by atoms with Gasteiger partial charge in [0.15, 0.2) is 5.78 Å². The van der Waals surface area contributed by atoms with E-state index in [1.54, 1.807) is 12.1 Å². The van der Waals surface area contributed by atoms with Crippen molar-refractivity contribution in [3.05, 3.63) is 80.5 Å². The number of carbonyl (C=O) groups excluding carboxylic acids is 1. The molecule has 3 rings (SSSR count). The maximum Gasteiger partial charge on any atom is 0.351 e. The summed E-state index contributed by atoms with van der Waals surface area (Å²) < 4.78 is 11.5. The van der Waals surface area contributed by atoms with Crippen LogP contribution in [-0.4, -0.2) is 10.9 Å². The molecule has 25 heavy (non-hydrogen) atoms. The maximum atomic E-state index is 12.1. The molecule has 5 nitrogen and oxygen atoms in total. The molecule has 0 saturated heterocycles. The number of rotatable bonds is 4. The molecule has 0 aliphatic rings. The molecule has 0 fully saturated rings. The van der Waals surface area contributed by atoms with Crippen molar-refractivity contribution in [2.45, 2.75) is 6.92 Å². The first-order chi connectivity index (χ1) is 11.9. The van der Waals surface area contributed by atoms with Crippen LogP contribution in [0.4, 0.5) is 0 Å². The monoisotopic (exact) mass is 400 g/mol. The van der Waals surface area contributed by atoms with Crippen LogP contribution in [0.2, 0.25) is 0 Å². The van der Waals surface area contributed by atoms with Crippen LogP contribution in [0.3, 0.4) is 0 Å². The van der Waals surface area contributed by atoms with Crippen molar-refractivity contribution in [1.29, 1.82) is 0 Å². The number of ketones is 1. The Morgan fingerprint density at radius 1 is 1.12 bits per heavy atom. The Kier molecular flexibility index (Phi) is 4.72. The Balaban J connectivity index is 1.82. The van der Waals surface area contributed by atoms with E-state index in [2.05, 4.69) is 15.9 Å². The van der Waals surface area contributed by atoms with Gasteiger partial charge in [0.05, 0.1) is 0 Å². The lowest BCUT2D eigenvalue weighted by Gasteiger charge is -1.99. The highest BCUT2D eigenvalue weighted by Gasteiger charge is 2.16. The summed E-state index contributed by atoms with van der Waals surface area (Å²) in [5, 5.41) is 9.77. The number of benzene rings is 1. The fourth-order valence-electron chi connectivity index (χ4n) is 2.28. The molecule has 0 bridgehead atoms. The van der Waals surface area contributed by atoms with Crippen molar-refractivity contribution >= 4 is 27.8 Å². The first-order valence-corrected chi connectivity index (χ1v) is 8.15. The van der Waals surface area contributed by atoms with Crippen molar-refractivity contribution in [2.24, 2.45) is 0 Å². The third-order valence-corrected chi connectivity index (χ3v) is 3.98. The molecule has 3 aromatic rings. The van der Waals surface area contributed by atoms with Crippen molar-refractivity contribution in [3.63, 3.8) is 0 Å². The number of halogens is 1. The highest BCUT2D eigenvalue weighted by molar-refractivity contribution is 9.10. The van der Waals surface area contributed by atoms with E-state index in [4.69, 9.17) is 8.83 Å². The second-order valence-electron chi connectivity index (χ2n) is 5.31. The van der Waals surface area contributed by atoms with Crippen LogP contribution in [0, 0.1) is 6.92 Å². The smallest absolute Gasteiger partial charge is 0.351 e. The molecule has 0 saturated carbocycles. The van der Waals surface area contributed by atoms with Crippen molar-refractivity contribution < 1.29 is 18.7 Å². The minimum atomic E-state index is -0.873. The largest absolute Gasteiger partial charge is 0.507 e. The lowest BCUT2D eigenvalue weighted by Crippen LogP contribution is -2.12. The van der Waals surface area contributed by atoms with Crippen LogP contribution in [0.25, 0.3) is 17.4 Å². The predicted molar refractivity (Wildman–Crippen MR) is 96.6 cm³/mol. The molecule has 0 atom stereocenters. The van der Waals surface area contributed by atoms with Gasteiger partial charge in [-0.25, -0.2) is 4.79 Å². The molecular weight excluding hydrogens is 388 g/mol. The maximum absolute atomic E-state index is 12.1. The topological polar surface area (TPSA) is 80.6 Å². The number of allylic oxidation sites excluding steroid dienone is 1. The summed E-state index contributed by atoms with van der Waals surface area (Å²) in [6.07, 6.45) is 2.59. The molecule has 126 valence electrons. The summed E-state index contributed by atoms with van der Waals surface area (Å²) in [5.74, 6) is 0.263. The summed E-state index contributed by atoms with van der Waals surface area (Å²) in [4.78, 5) is 23.9. The van der Waals surface area contributed by atoms with E-state index in [1.165, 1.54) is 19.1 Å². The van der Waals surface area contributed by atoms with Crippen molar-refractivity contribution in [1.82, 2.24) is 0 Å². The molecule has 6 heteroatoms. The summed E-state index contributed by atoms with van der Waals surface area (Å²) in [7, 11) is 0. The number of hydrogen-bond donors (Lipinski definition) is 1. The Labute approximate surface area is 151 Å². The summed E-state index contributed by atoms with van der Waals surface area (Å²) in [6, 6.07) is 12.3. The Morgan fingerprint density at radius 2 is 1.84 bits per heavy atom. The summed E-state index contributed by atoms with van der Waals surface area (Å²) in [6.45, 7) is 1.51. The van der Waals surface area contributed by atoms with Gasteiger partial charge in [-0.05, 0) is 43.3 Å². The molecule has 1 aromatic carbocycles. The highest BCUT2D eigenvalue weighted by Crippen LogP contribution is 2.24. The number of hydrogen-bond acceptors (Lipinski definition) is 5. The molecule has 0 amide bonds. The molecule has 1 N–H and O–H groups in total. The lowest BCUT2D eigenvalue weighted by molar-refractivity contribution is 0.104. The number of carbonyl (C=O) groups is 1. The lowest BCUT2D eigenvalue weighted by atomic mass is 10.1. The van der Waals surface area contributed by atoms with Gasteiger partial charge in [-0.2, -0.15) is 0 Å². The third kappa shape index (κ3) is 3.80. The number of aryl methyl sites for hydroxylation is 1. The van der Waals surface area contributed by atoms with Gasteiger partial charge in [0.25, 0.3) is 0 Å². The van der Waals surface area contributed by atoms with E-state index in [-0.39, 0.29) is 5.76 Å². The molecule has 2 heterocycles. The van der Waals surface area contributed by atoms with Gasteiger partial charge < -0.3 is 13.9 Å². The summed E-state index contributed by atoms with van der Waals surface area (Å²) in [5.41, 5.74) is -0.380. The molecule has 0 radical (unpaired) electrons. The van der Waals surface area contributed by atoms with Gasteiger partial charge in [0.2, 0.25) is 0 Å². The van der Waals surface area contributed by atoms with Gasteiger partial charge in [0, 0.05) is 16.1 Å². The third-order valence-electron chi connectivity index (χ3n) is 3.45. The average molecular weight is 401 g/mol. The van der Waals surface area contributed by atoms with Crippen LogP contribution >= 0.6 is 15.9 Å². The van der Waals surface area contributed by atoms with Gasteiger partial charge in [-0.1, -0.05) is 28.1 Å². The van der Waals surface area contributed by atoms with Gasteiger partial charge in [-0.15, -0.1) is 0 Å². The predicted octanol–water partition coefficient (Wildman–Crippen LogP) is 4.57. The van der Waals surface area contributed by atoms with Crippen LogP contribution in [-0.2, 0) is 0 Å². The van der Waals surface area contributed by atoms with E-state index < -0.39 is 22.7 Å².